The van der Waals surface area contributed by atoms with Crippen LogP contribution in [0.2, 0.25) is 0 Å². The van der Waals surface area contributed by atoms with Crippen LogP contribution in [0.4, 0.5) is 5.69 Å². The Kier molecular flexibility index (Phi) is 4.50. The van der Waals surface area contributed by atoms with Crippen molar-refractivity contribution < 1.29 is 9.72 Å². The topological polar surface area (TPSA) is 113 Å². The van der Waals surface area contributed by atoms with Crippen LogP contribution in [0.15, 0.2) is 24.3 Å². The molecule has 3 N–H and O–H groups in total. The van der Waals surface area contributed by atoms with E-state index in [2.05, 4.69) is 0 Å². The van der Waals surface area contributed by atoms with Crippen LogP contribution < -0.4 is 5.84 Å². The van der Waals surface area contributed by atoms with Gasteiger partial charge in [-0.15, -0.1) is 0 Å². The molecule has 1 rings (SSSR count). The van der Waals surface area contributed by atoms with Gasteiger partial charge in [-0.25, -0.2) is 10.9 Å². The van der Waals surface area contributed by atoms with Gasteiger partial charge in [0, 0.05) is 24.5 Å². The molecule has 0 radical (unpaired) electrons. The smallest absolute Gasteiger partial charge is 0.273 e. The second-order valence-electron chi connectivity index (χ2n) is 3.63. The fourth-order valence-electron chi connectivity index (χ4n) is 1.42. The molecular formula is C11H14N4O3. The van der Waals surface area contributed by atoms with Crippen LogP contribution in [0.1, 0.15) is 18.9 Å². The quantitative estimate of drug-likeness (QED) is 0.209. The molecule has 1 aromatic carbocycles. The number of rotatable bonds is 4. The van der Waals surface area contributed by atoms with Crippen LogP contribution in [-0.2, 0) is 11.2 Å². The Bertz CT molecular complexity index is 487. The number of benzene rings is 1. The largest absolute Gasteiger partial charge is 0.287 e. The minimum absolute atomic E-state index is 0.0562. The molecule has 0 saturated carbocycles. The zero-order valence-corrected chi connectivity index (χ0v) is 9.92. The van der Waals surface area contributed by atoms with Gasteiger partial charge in [0.05, 0.1) is 4.92 Å². The van der Waals surface area contributed by atoms with E-state index in [0.717, 1.165) is 5.01 Å². The molecule has 18 heavy (non-hydrogen) atoms. The normalized spacial score (nSPS) is 9.89. The Balaban J connectivity index is 2.88. The van der Waals surface area contributed by atoms with Crippen molar-refractivity contribution in [2.45, 2.75) is 19.8 Å². The number of nitrogens with two attached hydrogens (primary N) is 1. The lowest BCUT2D eigenvalue weighted by Crippen LogP contribution is -2.42. The molecule has 0 aromatic heterocycles. The minimum atomic E-state index is -0.523. The first kappa shape index (κ1) is 13.8. The first-order valence-electron chi connectivity index (χ1n) is 5.34. The predicted molar refractivity (Wildman–Crippen MR) is 65.9 cm³/mol. The van der Waals surface area contributed by atoms with E-state index in [9.17, 15) is 14.9 Å². The zero-order chi connectivity index (χ0) is 13.7. The number of hydrogen-bond donors (Lipinski definition) is 2. The predicted octanol–water partition coefficient (Wildman–Crippen LogP) is 1.23. The van der Waals surface area contributed by atoms with Crippen LogP contribution in [0, 0.1) is 15.5 Å². The summed E-state index contributed by atoms with van der Waals surface area (Å²) in [4.78, 5) is 21.6. The van der Waals surface area contributed by atoms with Crippen LogP contribution in [0.25, 0.3) is 0 Å². The van der Waals surface area contributed by atoms with Crippen molar-refractivity contribution in [3.63, 3.8) is 0 Å². The van der Waals surface area contributed by atoms with E-state index in [1.807, 2.05) is 0 Å². The van der Waals surface area contributed by atoms with Crippen LogP contribution in [0.5, 0.6) is 0 Å². The van der Waals surface area contributed by atoms with Gasteiger partial charge < -0.3 is 0 Å². The molecule has 0 bridgehead atoms. The number of amides is 1. The molecule has 0 aliphatic rings. The number of hydrogen-bond acceptors (Lipinski definition) is 5. The Morgan fingerprint density at radius 3 is 2.67 bits per heavy atom. The second kappa shape index (κ2) is 5.87. The number of nitrogens with one attached hydrogen (secondary N) is 1. The molecule has 1 aromatic rings. The van der Waals surface area contributed by atoms with E-state index < -0.39 is 10.8 Å². The van der Waals surface area contributed by atoms with Crippen molar-refractivity contribution in [3.8, 4) is 0 Å². The maximum absolute atomic E-state index is 11.3. The van der Waals surface area contributed by atoms with E-state index in [0.29, 0.717) is 5.56 Å². The number of amidine groups is 1. The number of hydrazine groups is 1. The molecule has 0 fully saturated rings. The van der Waals surface area contributed by atoms with E-state index in [1.54, 1.807) is 19.1 Å². The van der Waals surface area contributed by atoms with Gasteiger partial charge in [0.25, 0.3) is 5.69 Å². The molecule has 0 atom stereocenters. The Labute approximate surface area is 104 Å². The van der Waals surface area contributed by atoms with E-state index >= 15 is 0 Å². The summed E-state index contributed by atoms with van der Waals surface area (Å²) in [5.74, 6) is 4.86. The summed E-state index contributed by atoms with van der Waals surface area (Å²) in [5.41, 5.74) is 0.270. The first-order valence-corrected chi connectivity index (χ1v) is 5.34. The monoisotopic (exact) mass is 250 g/mol. The average Bonchev–Trinajstić information content (AvgIpc) is 2.37. The lowest BCUT2D eigenvalue weighted by molar-refractivity contribution is -0.385. The zero-order valence-electron chi connectivity index (χ0n) is 9.92. The Morgan fingerprint density at radius 1 is 1.50 bits per heavy atom. The van der Waals surface area contributed by atoms with E-state index in [-0.39, 0.29) is 24.4 Å². The molecule has 0 spiro atoms. The fraction of sp³-hybridized carbons (Fsp3) is 0.273. The van der Waals surface area contributed by atoms with Crippen LogP contribution >= 0.6 is 0 Å². The number of nitrogens with zero attached hydrogens (tertiary/aromatic N) is 2. The van der Waals surface area contributed by atoms with Gasteiger partial charge in [-0.2, -0.15) is 0 Å². The van der Waals surface area contributed by atoms with Crippen molar-refractivity contribution in [2.75, 3.05) is 0 Å². The van der Waals surface area contributed by atoms with Gasteiger partial charge in [0.15, 0.2) is 0 Å². The second-order valence-corrected chi connectivity index (χ2v) is 3.63. The maximum Gasteiger partial charge on any atom is 0.273 e. The summed E-state index contributed by atoms with van der Waals surface area (Å²) in [6, 6.07) is 6.07. The van der Waals surface area contributed by atoms with Crippen molar-refractivity contribution in [3.05, 3.63) is 39.9 Å². The third-order valence-electron chi connectivity index (χ3n) is 2.41. The average molecular weight is 250 g/mol. The van der Waals surface area contributed by atoms with Gasteiger partial charge in [-0.1, -0.05) is 25.1 Å². The highest BCUT2D eigenvalue weighted by Crippen LogP contribution is 2.18. The standard InChI is InChI=1S/C11H14N4O3/c1-2-11(16)14(13)10(12)7-8-5-3-4-6-9(8)15(17)18/h3-6,12H,2,7,13H2,1H3. The summed E-state index contributed by atoms with van der Waals surface area (Å²) >= 11 is 0. The van der Waals surface area contributed by atoms with Gasteiger partial charge in [0.2, 0.25) is 5.91 Å². The minimum Gasteiger partial charge on any atom is -0.287 e. The molecule has 0 saturated heterocycles. The summed E-state index contributed by atoms with van der Waals surface area (Å²) in [7, 11) is 0. The lowest BCUT2D eigenvalue weighted by atomic mass is 10.1. The number of carbonyl (C=O) groups excluding carboxylic acids is 1. The van der Waals surface area contributed by atoms with Gasteiger partial charge in [-0.3, -0.25) is 20.3 Å². The Hall–Kier alpha value is -2.28. The molecule has 96 valence electrons. The third kappa shape index (κ3) is 3.11. The van der Waals surface area contributed by atoms with Crippen LogP contribution in [0.3, 0.4) is 0 Å². The van der Waals surface area contributed by atoms with E-state index in [1.165, 1.54) is 12.1 Å². The molecule has 0 aliphatic heterocycles. The molecular weight excluding hydrogens is 236 g/mol. The van der Waals surface area contributed by atoms with E-state index in [4.69, 9.17) is 11.3 Å². The highest BCUT2D eigenvalue weighted by atomic mass is 16.6. The maximum atomic E-state index is 11.3. The van der Waals surface area contributed by atoms with Crippen LogP contribution in [-0.4, -0.2) is 21.7 Å². The van der Waals surface area contributed by atoms with Gasteiger partial charge in [-0.05, 0) is 0 Å². The highest BCUT2D eigenvalue weighted by Gasteiger charge is 2.18. The Morgan fingerprint density at radius 2 is 2.11 bits per heavy atom. The third-order valence-corrected chi connectivity index (χ3v) is 2.41. The summed E-state index contributed by atoms with van der Waals surface area (Å²) in [5, 5.41) is 19.2. The molecule has 7 heteroatoms. The summed E-state index contributed by atoms with van der Waals surface area (Å²) < 4.78 is 0. The summed E-state index contributed by atoms with van der Waals surface area (Å²) in [6.07, 6.45) is 0.120. The van der Waals surface area contributed by atoms with Crippen molar-refractivity contribution in [2.24, 2.45) is 5.84 Å². The molecule has 1 amide bonds. The molecule has 0 unspecified atom stereocenters. The van der Waals surface area contributed by atoms with Gasteiger partial charge >= 0.3 is 0 Å². The fourth-order valence-corrected chi connectivity index (χ4v) is 1.42. The van der Waals surface area contributed by atoms with Crippen molar-refractivity contribution in [1.29, 1.82) is 5.41 Å². The number of nitro benzene ring substituents is 1. The molecule has 7 nitrogen and oxygen atoms in total. The molecule has 0 heterocycles. The molecule has 0 aliphatic carbocycles. The number of nitro groups is 1. The highest BCUT2D eigenvalue weighted by molar-refractivity contribution is 5.97. The SMILES string of the molecule is CCC(=O)N(N)C(=N)Cc1ccccc1[N+](=O)[O-]. The summed E-state index contributed by atoms with van der Waals surface area (Å²) in [6.45, 7) is 1.63. The number of carbonyl (C=O) groups is 1. The van der Waals surface area contributed by atoms with Crippen molar-refractivity contribution >= 4 is 17.4 Å². The first-order chi connectivity index (χ1) is 8.47. The lowest BCUT2D eigenvalue weighted by Gasteiger charge is -2.16. The van der Waals surface area contributed by atoms with Crippen molar-refractivity contribution in [1.82, 2.24) is 5.01 Å². The number of para-hydroxylation sites is 1. The van der Waals surface area contributed by atoms with Gasteiger partial charge in [0.1, 0.15) is 5.84 Å².